The lowest BCUT2D eigenvalue weighted by molar-refractivity contribution is 0.00811. The van der Waals surface area contributed by atoms with E-state index in [-0.39, 0.29) is 18.5 Å². The number of alkyl carbamates (subject to hydrolysis) is 1. The van der Waals surface area contributed by atoms with Crippen LogP contribution in [0, 0.1) is 5.41 Å². The Bertz CT molecular complexity index is 296. The Morgan fingerprint density at radius 2 is 1.89 bits per heavy atom. The molecular formula is C13H25ClN2O2. The summed E-state index contributed by atoms with van der Waals surface area (Å²) >= 11 is 0. The van der Waals surface area contributed by atoms with Gasteiger partial charge in [-0.05, 0) is 65.0 Å². The summed E-state index contributed by atoms with van der Waals surface area (Å²) in [5, 5.41) is 6.42. The predicted molar refractivity (Wildman–Crippen MR) is 74.2 cm³/mol. The smallest absolute Gasteiger partial charge is 0.407 e. The first-order chi connectivity index (χ1) is 7.91. The van der Waals surface area contributed by atoms with Crippen LogP contribution in [0.15, 0.2) is 0 Å². The maximum atomic E-state index is 11.7. The molecule has 0 bridgehead atoms. The van der Waals surface area contributed by atoms with Crippen molar-refractivity contribution < 1.29 is 9.53 Å². The molecule has 0 aromatic carbocycles. The van der Waals surface area contributed by atoms with E-state index in [1.54, 1.807) is 0 Å². The lowest BCUT2D eigenvalue weighted by atomic mass is 9.59. The maximum Gasteiger partial charge on any atom is 0.407 e. The number of amides is 1. The molecule has 2 rings (SSSR count). The fourth-order valence-electron chi connectivity index (χ4n) is 2.90. The molecule has 2 aliphatic rings. The van der Waals surface area contributed by atoms with Crippen molar-refractivity contribution in [2.75, 3.05) is 13.1 Å². The van der Waals surface area contributed by atoms with Crippen LogP contribution in [0.25, 0.3) is 0 Å². The van der Waals surface area contributed by atoms with Gasteiger partial charge < -0.3 is 15.4 Å². The van der Waals surface area contributed by atoms with E-state index >= 15 is 0 Å². The topological polar surface area (TPSA) is 50.4 Å². The van der Waals surface area contributed by atoms with Gasteiger partial charge in [0.15, 0.2) is 0 Å². The highest BCUT2D eigenvalue weighted by molar-refractivity contribution is 5.85. The Labute approximate surface area is 116 Å². The van der Waals surface area contributed by atoms with E-state index in [0.29, 0.717) is 11.5 Å². The van der Waals surface area contributed by atoms with Gasteiger partial charge >= 0.3 is 6.09 Å². The van der Waals surface area contributed by atoms with Crippen molar-refractivity contribution in [3.8, 4) is 0 Å². The fraction of sp³-hybridized carbons (Fsp3) is 0.923. The average molecular weight is 277 g/mol. The minimum absolute atomic E-state index is 0. The first-order valence-corrected chi connectivity index (χ1v) is 6.62. The molecule has 1 heterocycles. The molecule has 0 aromatic rings. The molecule has 5 heteroatoms. The third-order valence-electron chi connectivity index (χ3n) is 3.96. The average Bonchev–Trinajstić information content (AvgIpc) is 2.23. The highest BCUT2D eigenvalue weighted by Crippen LogP contribution is 2.47. The summed E-state index contributed by atoms with van der Waals surface area (Å²) in [4.78, 5) is 11.7. The number of carbonyl (C=O) groups is 1. The molecule has 1 spiro atoms. The fourth-order valence-corrected chi connectivity index (χ4v) is 2.90. The summed E-state index contributed by atoms with van der Waals surface area (Å²) in [6, 6.07) is 0.319. The molecule has 18 heavy (non-hydrogen) atoms. The lowest BCUT2D eigenvalue weighted by Gasteiger charge is -2.52. The second-order valence-corrected chi connectivity index (χ2v) is 6.35. The molecule has 1 saturated carbocycles. The largest absolute Gasteiger partial charge is 0.444 e. The van der Waals surface area contributed by atoms with Crippen molar-refractivity contribution in [1.29, 1.82) is 0 Å². The maximum absolute atomic E-state index is 11.7. The monoisotopic (exact) mass is 276 g/mol. The van der Waals surface area contributed by atoms with E-state index in [0.717, 1.165) is 19.5 Å². The van der Waals surface area contributed by atoms with E-state index in [1.165, 1.54) is 19.3 Å². The normalized spacial score (nSPS) is 25.8. The summed E-state index contributed by atoms with van der Waals surface area (Å²) in [6.45, 7) is 7.84. The Balaban J connectivity index is 0.00000162. The number of hydrogen-bond acceptors (Lipinski definition) is 3. The second-order valence-electron chi connectivity index (χ2n) is 6.35. The minimum atomic E-state index is -0.408. The summed E-state index contributed by atoms with van der Waals surface area (Å²) in [5.74, 6) is 0. The molecule has 2 fully saturated rings. The summed E-state index contributed by atoms with van der Waals surface area (Å²) < 4.78 is 5.31. The predicted octanol–water partition coefficient (Wildman–Crippen LogP) is 2.47. The highest BCUT2D eigenvalue weighted by Gasteiger charge is 2.47. The van der Waals surface area contributed by atoms with Crippen LogP contribution < -0.4 is 10.6 Å². The number of piperidine rings is 1. The minimum Gasteiger partial charge on any atom is -0.444 e. The van der Waals surface area contributed by atoms with E-state index in [4.69, 9.17) is 4.74 Å². The third-order valence-corrected chi connectivity index (χ3v) is 3.96. The summed E-state index contributed by atoms with van der Waals surface area (Å²) in [6.07, 6.45) is 4.43. The van der Waals surface area contributed by atoms with Crippen molar-refractivity contribution in [3.63, 3.8) is 0 Å². The van der Waals surface area contributed by atoms with Crippen molar-refractivity contribution >= 4 is 18.5 Å². The molecule has 0 aromatic heterocycles. The zero-order valence-electron chi connectivity index (χ0n) is 11.5. The van der Waals surface area contributed by atoms with Gasteiger partial charge in [0.1, 0.15) is 5.60 Å². The number of ether oxygens (including phenoxy) is 1. The SMILES string of the molecule is CC(C)(C)OC(=O)NC1CCC12CCNCC2.Cl. The van der Waals surface area contributed by atoms with Crippen LogP contribution in [-0.4, -0.2) is 30.8 Å². The van der Waals surface area contributed by atoms with E-state index in [1.807, 2.05) is 20.8 Å². The van der Waals surface area contributed by atoms with Crippen LogP contribution >= 0.6 is 12.4 Å². The van der Waals surface area contributed by atoms with Crippen molar-refractivity contribution in [1.82, 2.24) is 10.6 Å². The van der Waals surface area contributed by atoms with Crippen molar-refractivity contribution in [2.45, 2.75) is 58.1 Å². The first kappa shape index (κ1) is 15.6. The lowest BCUT2D eigenvalue weighted by Crippen LogP contribution is -2.59. The van der Waals surface area contributed by atoms with Gasteiger partial charge in [0.2, 0.25) is 0 Å². The van der Waals surface area contributed by atoms with Gasteiger partial charge in [-0.1, -0.05) is 0 Å². The van der Waals surface area contributed by atoms with Gasteiger partial charge in [0.05, 0.1) is 0 Å². The molecule has 4 nitrogen and oxygen atoms in total. The van der Waals surface area contributed by atoms with E-state index in [2.05, 4.69) is 10.6 Å². The highest BCUT2D eigenvalue weighted by atomic mass is 35.5. The Hall–Kier alpha value is -0.480. The van der Waals surface area contributed by atoms with Gasteiger partial charge in [0, 0.05) is 6.04 Å². The van der Waals surface area contributed by atoms with Gasteiger partial charge in [-0.2, -0.15) is 0 Å². The number of carbonyl (C=O) groups excluding carboxylic acids is 1. The van der Waals surface area contributed by atoms with Crippen LogP contribution in [0.5, 0.6) is 0 Å². The molecule has 1 amide bonds. The number of rotatable bonds is 1. The first-order valence-electron chi connectivity index (χ1n) is 6.62. The van der Waals surface area contributed by atoms with Crippen molar-refractivity contribution in [2.24, 2.45) is 5.41 Å². The second kappa shape index (κ2) is 5.66. The summed E-state index contributed by atoms with van der Waals surface area (Å²) in [5.41, 5.74) is -0.0583. The number of halogens is 1. The van der Waals surface area contributed by atoms with Crippen LogP contribution in [0.4, 0.5) is 4.79 Å². The molecule has 2 N–H and O–H groups in total. The Kier molecular flexibility index (Phi) is 4.90. The van der Waals surface area contributed by atoms with Crippen molar-refractivity contribution in [3.05, 3.63) is 0 Å². The summed E-state index contributed by atoms with van der Waals surface area (Å²) in [7, 11) is 0. The molecule has 106 valence electrons. The quantitative estimate of drug-likeness (QED) is 0.774. The van der Waals surface area contributed by atoms with E-state index < -0.39 is 5.60 Å². The number of hydrogen-bond donors (Lipinski definition) is 2. The molecule has 1 aliphatic carbocycles. The standard InChI is InChI=1S/C13H24N2O2.ClH/c1-12(2,3)17-11(16)15-10-4-5-13(10)6-8-14-9-7-13;/h10,14H,4-9H2,1-3H3,(H,15,16);1H. The third kappa shape index (κ3) is 3.51. The van der Waals surface area contributed by atoms with Gasteiger partial charge in [-0.25, -0.2) is 4.79 Å². The molecule has 1 unspecified atom stereocenters. The van der Waals surface area contributed by atoms with Gasteiger partial charge in [-0.3, -0.25) is 0 Å². The molecule has 1 saturated heterocycles. The molecular weight excluding hydrogens is 252 g/mol. The van der Waals surface area contributed by atoms with Crippen LogP contribution in [-0.2, 0) is 4.74 Å². The van der Waals surface area contributed by atoms with Crippen LogP contribution in [0.1, 0.15) is 46.5 Å². The zero-order valence-corrected chi connectivity index (χ0v) is 12.4. The Morgan fingerprint density at radius 1 is 1.28 bits per heavy atom. The Morgan fingerprint density at radius 3 is 2.33 bits per heavy atom. The molecule has 1 aliphatic heterocycles. The molecule has 1 atom stereocenters. The molecule has 0 radical (unpaired) electrons. The number of nitrogens with one attached hydrogen (secondary N) is 2. The zero-order chi connectivity index (χ0) is 12.5. The van der Waals surface area contributed by atoms with Crippen LogP contribution in [0.2, 0.25) is 0 Å². The van der Waals surface area contributed by atoms with E-state index in [9.17, 15) is 4.79 Å². The van der Waals surface area contributed by atoms with Crippen LogP contribution in [0.3, 0.4) is 0 Å². The van der Waals surface area contributed by atoms with Gasteiger partial charge in [-0.15, -0.1) is 12.4 Å². The van der Waals surface area contributed by atoms with Gasteiger partial charge in [0.25, 0.3) is 0 Å².